The summed E-state index contributed by atoms with van der Waals surface area (Å²) in [5, 5.41) is 3.04. The summed E-state index contributed by atoms with van der Waals surface area (Å²) in [6.45, 7) is 3.25. The van der Waals surface area contributed by atoms with Crippen molar-refractivity contribution < 1.29 is 14.3 Å². The Morgan fingerprint density at radius 3 is 2.47 bits per heavy atom. The molecule has 0 saturated heterocycles. The van der Waals surface area contributed by atoms with Gasteiger partial charge in [0.25, 0.3) is 0 Å². The average molecular weight is 456 g/mol. The van der Waals surface area contributed by atoms with E-state index in [4.69, 9.17) is 14.5 Å². The average Bonchev–Trinajstić information content (AvgIpc) is 3.25. The Kier molecular flexibility index (Phi) is 7.60. The number of hydrogen-bond acceptors (Lipinski definition) is 4. The fourth-order valence-corrected chi connectivity index (χ4v) is 3.81. The lowest BCUT2D eigenvalue weighted by Gasteiger charge is -2.16. The third-order valence-electron chi connectivity index (χ3n) is 5.51. The number of amides is 1. The van der Waals surface area contributed by atoms with E-state index in [9.17, 15) is 4.79 Å². The van der Waals surface area contributed by atoms with Gasteiger partial charge >= 0.3 is 0 Å². The van der Waals surface area contributed by atoms with Crippen molar-refractivity contribution in [2.24, 2.45) is 0 Å². The van der Waals surface area contributed by atoms with Crippen LogP contribution >= 0.6 is 0 Å². The molecular weight excluding hydrogens is 426 g/mol. The van der Waals surface area contributed by atoms with Crippen LogP contribution in [0.1, 0.15) is 30.8 Å². The number of carbonyl (C=O) groups excluding carboxylic acids is 1. The van der Waals surface area contributed by atoms with Crippen LogP contribution in [0.25, 0.3) is 17.1 Å². The molecule has 3 aromatic carbocycles. The highest BCUT2D eigenvalue weighted by atomic mass is 16.5. The predicted octanol–water partition coefficient (Wildman–Crippen LogP) is 5.40. The Morgan fingerprint density at radius 1 is 1.00 bits per heavy atom. The number of aromatic nitrogens is 2. The first-order valence-corrected chi connectivity index (χ1v) is 11.4. The Balaban J connectivity index is 1.41. The maximum atomic E-state index is 12.5. The summed E-state index contributed by atoms with van der Waals surface area (Å²) >= 11 is 0. The maximum Gasteiger partial charge on any atom is 0.244 e. The van der Waals surface area contributed by atoms with E-state index < -0.39 is 0 Å². The van der Waals surface area contributed by atoms with E-state index in [1.807, 2.05) is 85.8 Å². The van der Waals surface area contributed by atoms with Gasteiger partial charge in [0.2, 0.25) is 5.91 Å². The first-order valence-electron chi connectivity index (χ1n) is 11.4. The monoisotopic (exact) mass is 455 g/mol. The van der Waals surface area contributed by atoms with E-state index in [2.05, 4.69) is 16.0 Å². The number of fused-ring (bicyclic) bond motifs is 1. The van der Waals surface area contributed by atoms with Gasteiger partial charge in [-0.05, 0) is 61.4 Å². The molecule has 1 atom stereocenters. The third-order valence-corrected chi connectivity index (χ3v) is 5.51. The lowest BCUT2D eigenvalue weighted by molar-refractivity contribution is -0.117. The SMILES string of the molecule is COc1ccc(OCCCn2c(C(C)NC(=O)/C=C\c3ccccc3)nc3ccccc32)cc1. The number of para-hydroxylation sites is 2. The molecule has 0 aliphatic rings. The van der Waals surface area contributed by atoms with E-state index in [-0.39, 0.29) is 11.9 Å². The number of nitrogens with zero attached hydrogens (tertiary/aromatic N) is 2. The molecule has 0 bridgehead atoms. The second-order valence-electron chi connectivity index (χ2n) is 7.96. The van der Waals surface area contributed by atoms with Crippen molar-refractivity contribution in [3.8, 4) is 11.5 Å². The number of imidazole rings is 1. The molecule has 174 valence electrons. The zero-order chi connectivity index (χ0) is 23.8. The molecule has 4 rings (SSSR count). The van der Waals surface area contributed by atoms with Crippen LogP contribution in [0.15, 0.2) is 84.9 Å². The van der Waals surface area contributed by atoms with Crippen LogP contribution < -0.4 is 14.8 Å². The lowest BCUT2D eigenvalue weighted by atomic mass is 10.2. The summed E-state index contributed by atoms with van der Waals surface area (Å²) in [5.41, 5.74) is 2.94. The molecule has 34 heavy (non-hydrogen) atoms. The number of benzene rings is 3. The summed E-state index contributed by atoms with van der Waals surface area (Å²) < 4.78 is 13.2. The normalized spacial score (nSPS) is 12.1. The molecular formula is C28H29N3O3. The summed E-state index contributed by atoms with van der Waals surface area (Å²) in [6.07, 6.45) is 4.16. The number of aryl methyl sites for hydroxylation is 1. The highest BCUT2D eigenvalue weighted by molar-refractivity contribution is 5.92. The molecule has 0 radical (unpaired) electrons. The predicted molar refractivity (Wildman–Crippen MR) is 135 cm³/mol. The van der Waals surface area contributed by atoms with E-state index in [1.165, 1.54) is 0 Å². The Labute approximate surface area is 199 Å². The van der Waals surface area contributed by atoms with Gasteiger partial charge in [-0.25, -0.2) is 4.98 Å². The lowest BCUT2D eigenvalue weighted by Crippen LogP contribution is -2.27. The van der Waals surface area contributed by atoms with Crippen LogP contribution in [-0.4, -0.2) is 29.2 Å². The molecule has 1 aromatic heterocycles. The van der Waals surface area contributed by atoms with Crippen molar-refractivity contribution >= 4 is 23.0 Å². The minimum absolute atomic E-state index is 0.155. The van der Waals surface area contributed by atoms with Gasteiger partial charge in [-0.2, -0.15) is 0 Å². The van der Waals surface area contributed by atoms with Crippen molar-refractivity contribution in [2.75, 3.05) is 13.7 Å². The molecule has 1 heterocycles. The highest BCUT2D eigenvalue weighted by Crippen LogP contribution is 2.22. The maximum absolute atomic E-state index is 12.5. The number of rotatable bonds is 10. The standard InChI is InChI=1S/C28H29N3O3/c1-21(29-27(32)18-13-22-9-4-3-5-10-22)28-30-25-11-6-7-12-26(25)31(28)19-8-20-34-24-16-14-23(33-2)15-17-24/h3-7,9-18,21H,8,19-20H2,1-2H3,(H,29,32)/b18-13-. The fraction of sp³-hybridized carbons (Fsp3) is 0.214. The summed E-state index contributed by atoms with van der Waals surface area (Å²) in [6, 6.07) is 25.1. The summed E-state index contributed by atoms with van der Waals surface area (Å²) in [5.74, 6) is 2.28. The van der Waals surface area contributed by atoms with Crippen LogP contribution in [-0.2, 0) is 11.3 Å². The number of ether oxygens (including phenoxy) is 2. The number of methoxy groups -OCH3 is 1. The van der Waals surface area contributed by atoms with Crippen molar-refractivity contribution in [1.82, 2.24) is 14.9 Å². The number of hydrogen-bond donors (Lipinski definition) is 1. The van der Waals surface area contributed by atoms with Gasteiger partial charge < -0.3 is 19.4 Å². The molecule has 6 heteroatoms. The van der Waals surface area contributed by atoms with Gasteiger partial charge in [0, 0.05) is 12.6 Å². The smallest absolute Gasteiger partial charge is 0.244 e. The van der Waals surface area contributed by atoms with Crippen molar-refractivity contribution in [2.45, 2.75) is 25.9 Å². The largest absolute Gasteiger partial charge is 0.497 e. The van der Waals surface area contributed by atoms with Gasteiger partial charge in [0.15, 0.2) is 0 Å². The van der Waals surface area contributed by atoms with E-state index >= 15 is 0 Å². The van der Waals surface area contributed by atoms with E-state index in [0.29, 0.717) is 6.61 Å². The molecule has 0 aliphatic carbocycles. The van der Waals surface area contributed by atoms with Crippen LogP contribution in [0, 0.1) is 0 Å². The Morgan fingerprint density at radius 2 is 1.71 bits per heavy atom. The van der Waals surface area contributed by atoms with Crippen molar-refractivity contribution in [3.05, 3.63) is 96.3 Å². The van der Waals surface area contributed by atoms with Gasteiger partial charge in [-0.3, -0.25) is 4.79 Å². The van der Waals surface area contributed by atoms with Gasteiger partial charge in [-0.15, -0.1) is 0 Å². The molecule has 0 saturated carbocycles. The number of nitrogens with one attached hydrogen (secondary N) is 1. The van der Waals surface area contributed by atoms with Crippen LogP contribution in [0.2, 0.25) is 0 Å². The molecule has 6 nitrogen and oxygen atoms in total. The Bertz CT molecular complexity index is 1250. The molecule has 1 amide bonds. The second-order valence-corrected chi connectivity index (χ2v) is 7.96. The van der Waals surface area contributed by atoms with Crippen molar-refractivity contribution in [3.63, 3.8) is 0 Å². The minimum atomic E-state index is -0.247. The summed E-state index contributed by atoms with van der Waals surface area (Å²) in [7, 11) is 1.64. The molecule has 1 N–H and O–H groups in total. The van der Waals surface area contributed by atoms with E-state index in [0.717, 1.165) is 46.9 Å². The van der Waals surface area contributed by atoms with E-state index in [1.54, 1.807) is 13.2 Å². The van der Waals surface area contributed by atoms with Gasteiger partial charge in [0.1, 0.15) is 17.3 Å². The molecule has 0 fully saturated rings. The molecule has 4 aromatic rings. The first kappa shape index (κ1) is 23.1. The van der Waals surface area contributed by atoms with Crippen molar-refractivity contribution in [1.29, 1.82) is 0 Å². The number of carbonyl (C=O) groups is 1. The minimum Gasteiger partial charge on any atom is -0.497 e. The Hall–Kier alpha value is -4.06. The van der Waals surface area contributed by atoms with Crippen LogP contribution in [0.3, 0.4) is 0 Å². The fourth-order valence-electron chi connectivity index (χ4n) is 3.81. The highest BCUT2D eigenvalue weighted by Gasteiger charge is 2.17. The second kappa shape index (κ2) is 11.2. The van der Waals surface area contributed by atoms with Crippen LogP contribution in [0.5, 0.6) is 11.5 Å². The third kappa shape index (κ3) is 5.84. The topological polar surface area (TPSA) is 65.4 Å². The van der Waals surface area contributed by atoms with Crippen LogP contribution in [0.4, 0.5) is 0 Å². The zero-order valence-electron chi connectivity index (χ0n) is 19.5. The zero-order valence-corrected chi connectivity index (χ0v) is 19.5. The summed E-state index contributed by atoms with van der Waals surface area (Å²) in [4.78, 5) is 17.3. The molecule has 0 spiro atoms. The van der Waals surface area contributed by atoms with Gasteiger partial charge in [0.05, 0.1) is 30.8 Å². The molecule has 0 aliphatic heterocycles. The van der Waals surface area contributed by atoms with Gasteiger partial charge in [-0.1, -0.05) is 42.5 Å². The quantitative estimate of drug-likeness (QED) is 0.257. The first-order chi connectivity index (χ1) is 16.6. The molecule has 1 unspecified atom stereocenters.